The first-order chi connectivity index (χ1) is 10.7. The fraction of sp³-hybridized carbons (Fsp3) is 0.588. The van der Waals surface area contributed by atoms with Gasteiger partial charge in [0.1, 0.15) is 5.75 Å². The van der Waals surface area contributed by atoms with Crippen molar-refractivity contribution in [2.24, 2.45) is 5.92 Å². The predicted molar refractivity (Wildman–Crippen MR) is 87.2 cm³/mol. The number of hydrogen-bond donors (Lipinski definition) is 1. The molecule has 1 aliphatic heterocycles. The van der Waals surface area contributed by atoms with Crippen molar-refractivity contribution in [1.29, 1.82) is 0 Å². The Balaban J connectivity index is 1.91. The third-order valence-electron chi connectivity index (χ3n) is 5.30. The van der Waals surface area contributed by atoms with E-state index >= 15 is 0 Å². The van der Waals surface area contributed by atoms with Gasteiger partial charge in [-0.25, -0.2) is 0 Å². The first-order valence-corrected chi connectivity index (χ1v) is 7.92. The number of carboxylic acids is 1. The molecule has 2 fully saturated rings. The molecule has 0 radical (unpaired) electrons. The molecule has 1 heterocycles. The van der Waals surface area contributed by atoms with Gasteiger partial charge in [-0.05, 0) is 51.7 Å². The van der Waals surface area contributed by atoms with Crippen LogP contribution in [0.4, 0.5) is 0 Å². The lowest BCUT2D eigenvalue weighted by Crippen LogP contribution is -2.41. The summed E-state index contributed by atoms with van der Waals surface area (Å²) in [6.07, 6.45) is 0.685. The van der Waals surface area contributed by atoms with E-state index in [0.29, 0.717) is 12.2 Å². The highest BCUT2D eigenvalue weighted by Crippen LogP contribution is 2.47. The van der Waals surface area contributed by atoms with Gasteiger partial charge in [0.25, 0.3) is 0 Å². The minimum absolute atomic E-state index is 0.0691. The molecule has 1 saturated heterocycles. The average Bonchev–Trinajstić information content (AvgIpc) is 3.22. The third-order valence-corrected chi connectivity index (χ3v) is 5.30. The summed E-state index contributed by atoms with van der Waals surface area (Å²) in [6.45, 7) is 8.02. The lowest BCUT2D eigenvalue weighted by atomic mass is 9.77. The van der Waals surface area contributed by atoms with Crippen molar-refractivity contribution >= 4 is 18.6 Å². The molecule has 0 amide bonds. The van der Waals surface area contributed by atoms with Crippen molar-refractivity contribution in [3.63, 3.8) is 0 Å². The van der Waals surface area contributed by atoms with E-state index in [2.05, 4.69) is 0 Å². The lowest BCUT2D eigenvalue weighted by molar-refractivity contribution is -0.138. The first kappa shape index (κ1) is 16.3. The Morgan fingerprint density at radius 1 is 1.26 bits per heavy atom. The lowest BCUT2D eigenvalue weighted by Gasteiger charge is -2.32. The molecule has 1 N–H and O–H groups in total. The molecule has 1 aliphatic carbocycles. The maximum atomic E-state index is 11.1. The highest BCUT2D eigenvalue weighted by atomic mass is 16.7. The van der Waals surface area contributed by atoms with Crippen molar-refractivity contribution in [1.82, 2.24) is 0 Å². The fourth-order valence-electron chi connectivity index (χ4n) is 2.97. The molecule has 1 unspecified atom stereocenters. The molecular formula is C17H23BO5. The number of carboxylic acid groups (broad SMARTS) is 1. The zero-order valence-electron chi connectivity index (χ0n) is 14.3. The second-order valence-corrected chi connectivity index (χ2v) is 7.38. The normalized spacial score (nSPS) is 27.8. The monoisotopic (exact) mass is 318 g/mol. The molecule has 2 aliphatic rings. The topological polar surface area (TPSA) is 65.0 Å². The summed E-state index contributed by atoms with van der Waals surface area (Å²) in [4.78, 5) is 11.1. The van der Waals surface area contributed by atoms with Gasteiger partial charge in [-0.1, -0.05) is 12.1 Å². The SMILES string of the molecule is COc1ccc([C@H]2CC2C(=O)O)cc1B1OC(C)(C)C(C)(C)O1. The minimum atomic E-state index is -0.733. The molecule has 124 valence electrons. The molecule has 5 nitrogen and oxygen atoms in total. The van der Waals surface area contributed by atoms with E-state index < -0.39 is 24.3 Å². The van der Waals surface area contributed by atoms with Crippen LogP contribution in [-0.4, -0.2) is 36.5 Å². The Kier molecular flexibility index (Phi) is 3.73. The van der Waals surface area contributed by atoms with Crippen molar-refractivity contribution in [3.8, 4) is 5.75 Å². The molecule has 1 aromatic rings. The second-order valence-electron chi connectivity index (χ2n) is 7.38. The van der Waals surface area contributed by atoms with E-state index in [1.54, 1.807) is 7.11 Å². The minimum Gasteiger partial charge on any atom is -0.497 e. The Morgan fingerprint density at radius 3 is 2.35 bits per heavy atom. The van der Waals surface area contributed by atoms with E-state index in [4.69, 9.17) is 19.2 Å². The van der Waals surface area contributed by atoms with Gasteiger partial charge in [-0.15, -0.1) is 0 Å². The Bertz CT molecular complexity index is 624. The van der Waals surface area contributed by atoms with Gasteiger partial charge in [0.2, 0.25) is 0 Å². The van der Waals surface area contributed by atoms with Crippen LogP contribution in [0.5, 0.6) is 5.75 Å². The fourth-order valence-corrected chi connectivity index (χ4v) is 2.97. The second kappa shape index (κ2) is 5.25. The highest BCUT2D eigenvalue weighted by Gasteiger charge is 2.53. The van der Waals surface area contributed by atoms with Crippen LogP contribution in [0.15, 0.2) is 18.2 Å². The predicted octanol–water partition coefficient (Wildman–Crippen LogP) is 2.18. The zero-order valence-corrected chi connectivity index (χ0v) is 14.3. The van der Waals surface area contributed by atoms with E-state index in [0.717, 1.165) is 11.0 Å². The molecule has 0 spiro atoms. The molecule has 2 atom stereocenters. The van der Waals surface area contributed by atoms with Crippen LogP contribution in [-0.2, 0) is 14.1 Å². The van der Waals surface area contributed by atoms with Crippen LogP contribution >= 0.6 is 0 Å². The van der Waals surface area contributed by atoms with Gasteiger partial charge < -0.3 is 19.2 Å². The van der Waals surface area contributed by atoms with Gasteiger partial charge in [0, 0.05) is 5.46 Å². The maximum Gasteiger partial charge on any atom is 0.498 e. The van der Waals surface area contributed by atoms with Crippen LogP contribution in [0.3, 0.4) is 0 Å². The summed E-state index contributed by atoms with van der Waals surface area (Å²) in [5.74, 6) is -0.253. The molecule has 0 bridgehead atoms. The summed E-state index contributed by atoms with van der Waals surface area (Å²) < 4.78 is 17.7. The van der Waals surface area contributed by atoms with Crippen LogP contribution in [0, 0.1) is 5.92 Å². The summed E-state index contributed by atoms with van der Waals surface area (Å²) >= 11 is 0. The van der Waals surface area contributed by atoms with E-state index in [1.807, 2.05) is 45.9 Å². The number of aliphatic carboxylic acids is 1. The number of methoxy groups -OCH3 is 1. The summed E-state index contributed by atoms with van der Waals surface area (Å²) in [5.41, 5.74) is 0.964. The molecule has 3 rings (SSSR count). The van der Waals surface area contributed by atoms with Crippen LogP contribution in [0.2, 0.25) is 0 Å². The molecule has 1 saturated carbocycles. The molecule has 6 heteroatoms. The first-order valence-electron chi connectivity index (χ1n) is 7.92. The quantitative estimate of drug-likeness (QED) is 0.862. The molecule has 0 aromatic heterocycles. The maximum absolute atomic E-state index is 11.1. The number of rotatable bonds is 4. The third kappa shape index (κ3) is 2.74. The summed E-state index contributed by atoms with van der Waals surface area (Å²) in [6, 6.07) is 5.77. The van der Waals surface area contributed by atoms with E-state index in [9.17, 15) is 4.79 Å². The molecular weight excluding hydrogens is 295 g/mol. The number of ether oxygens (including phenoxy) is 1. The van der Waals surface area contributed by atoms with Gasteiger partial charge in [0.05, 0.1) is 24.2 Å². The van der Waals surface area contributed by atoms with Gasteiger partial charge in [-0.2, -0.15) is 0 Å². The number of hydrogen-bond acceptors (Lipinski definition) is 4. The zero-order chi connectivity index (χ0) is 17.0. The highest BCUT2D eigenvalue weighted by molar-refractivity contribution is 6.63. The average molecular weight is 318 g/mol. The van der Waals surface area contributed by atoms with Crippen LogP contribution in [0.25, 0.3) is 0 Å². The van der Waals surface area contributed by atoms with Gasteiger partial charge >= 0.3 is 13.1 Å². The Morgan fingerprint density at radius 2 is 1.87 bits per heavy atom. The summed E-state index contributed by atoms with van der Waals surface area (Å²) in [5, 5.41) is 9.13. The largest absolute Gasteiger partial charge is 0.498 e. The van der Waals surface area contributed by atoms with E-state index in [1.165, 1.54) is 0 Å². The van der Waals surface area contributed by atoms with Gasteiger partial charge in [0.15, 0.2) is 0 Å². The van der Waals surface area contributed by atoms with Crippen molar-refractivity contribution in [2.75, 3.05) is 7.11 Å². The number of carbonyl (C=O) groups is 1. The molecule has 1 aromatic carbocycles. The standard InChI is InChI=1S/C17H23BO5/c1-16(2)17(3,4)23-18(22-16)13-8-10(6-7-14(13)21-5)11-9-12(11)15(19)20/h6-8,11-12H,9H2,1-5H3,(H,19,20)/t11-,12?/m1/s1. The van der Waals surface area contributed by atoms with Crippen molar-refractivity contribution in [3.05, 3.63) is 23.8 Å². The summed E-state index contributed by atoms with van der Waals surface area (Å²) in [7, 11) is 1.10. The van der Waals surface area contributed by atoms with Crippen molar-refractivity contribution < 1.29 is 23.9 Å². The van der Waals surface area contributed by atoms with Crippen molar-refractivity contribution in [2.45, 2.75) is 51.2 Å². The molecule has 23 heavy (non-hydrogen) atoms. The van der Waals surface area contributed by atoms with Gasteiger partial charge in [-0.3, -0.25) is 4.79 Å². The Hall–Kier alpha value is -1.53. The van der Waals surface area contributed by atoms with E-state index in [-0.39, 0.29) is 11.8 Å². The number of benzene rings is 1. The smallest absolute Gasteiger partial charge is 0.497 e. The Labute approximate surface area is 137 Å². The van der Waals surface area contributed by atoms with Crippen LogP contribution in [0.1, 0.15) is 45.6 Å². The van der Waals surface area contributed by atoms with Crippen LogP contribution < -0.4 is 10.2 Å².